The molecule has 38 heavy (non-hydrogen) atoms. The Labute approximate surface area is 223 Å². The molecule has 9 nitrogen and oxygen atoms in total. The second-order valence-corrected chi connectivity index (χ2v) is 12.4. The number of aliphatic carboxylic acids is 1. The lowest BCUT2D eigenvalue weighted by molar-refractivity contribution is -0.150. The predicted octanol–water partition coefficient (Wildman–Crippen LogP) is 4.45. The molecule has 3 N–H and O–H groups in total. The van der Waals surface area contributed by atoms with Gasteiger partial charge in [0.05, 0.1) is 11.1 Å². The molecule has 4 rings (SSSR count). The Hall–Kier alpha value is -3.62. The number of allylic oxidation sites excluding steroid dienone is 4. The average molecular weight is 524 g/mol. The van der Waals surface area contributed by atoms with Crippen molar-refractivity contribution >= 4 is 29.3 Å². The molecule has 1 aliphatic heterocycles. The van der Waals surface area contributed by atoms with Gasteiger partial charge < -0.3 is 25.3 Å². The molecule has 0 radical (unpaired) electrons. The van der Waals surface area contributed by atoms with Gasteiger partial charge >= 0.3 is 12.1 Å². The minimum atomic E-state index is -1.11. The standard InChI is InChI=1S/C29H37N3O6/c1-27(2,3)23(30-26(36)38-28(4,5)6)24(33)32-16-17(15-21(32)25(34)35)29-14-10-9-13-20(29)18-11-7-8-12-19(18)22(29)31-37/h7-13,17,21,23,37H,14-16H2,1-6H3,(H,30,36)(H,34,35)/b31-22-/t17-,21+,23-,29?/m1/s1. The van der Waals surface area contributed by atoms with Crippen LogP contribution in [0.5, 0.6) is 0 Å². The number of rotatable bonds is 4. The number of carboxylic acids is 1. The Kier molecular flexibility index (Phi) is 6.93. The number of nitrogens with zero attached hydrogens (tertiary/aromatic N) is 2. The molecule has 9 heteroatoms. The van der Waals surface area contributed by atoms with Crippen molar-refractivity contribution in [3.63, 3.8) is 0 Å². The first kappa shape index (κ1) is 27.4. The summed E-state index contributed by atoms with van der Waals surface area (Å²) < 4.78 is 5.39. The fourth-order valence-electron chi connectivity index (χ4n) is 6.03. The zero-order valence-corrected chi connectivity index (χ0v) is 22.8. The highest BCUT2D eigenvalue weighted by molar-refractivity contribution is 6.20. The van der Waals surface area contributed by atoms with E-state index in [1.165, 1.54) is 4.90 Å². The largest absolute Gasteiger partial charge is 0.480 e. The lowest BCUT2D eigenvalue weighted by Gasteiger charge is -2.38. The van der Waals surface area contributed by atoms with Gasteiger partial charge in [-0.15, -0.1) is 0 Å². The van der Waals surface area contributed by atoms with Gasteiger partial charge in [0, 0.05) is 12.1 Å². The second kappa shape index (κ2) is 9.60. The van der Waals surface area contributed by atoms with Crippen molar-refractivity contribution in [2.24, 2.45) is 21.9 Å². The van der Waals surface area contributed by atoms with Crippen LogP contribution in [0.2, 0.25) is 0 Å². The van der Waals surface area contributed by atoms with Crippen LogP contribution in [0.15, 0.2) is 47.6 Å². The zero-order valence-electron chi connectivity index (χ0n) is 22.8. The molecule has 1 saturated heterocycles. The number of carbonyl (C=O) groups is 3. The highest BCUT2D eigenvalue weighted by Gasteiger charge is 2.58. The number of carbonyl (C=O) groups excluding carboxylic acids is 2. The van der Waals surface area contributed by atoms with Gasteiger partial charge in [-0.25, -0.2) is 9.59 Å². The average Bonchev–Trinajstić information content (AvgIpc) is 3.39. The summed E-state index contributed by atoms with van der Waals surface area (Å²) >= 11 is 0. The van der Waals surface area contributed by atoms with Crippen molar-refractivity contribution in [3.05, 3.63) is 53.6 Å². The quantitative estimate of drug-likeness (QED) is 0.395. The fraction of sp³-hybridized carbons (Fsp3) is 0.517. The molecule has 4 atom stereocenters. The topological polar surface area (TPSA) is 129 Å². The number of hydrogen-bond acceptors (Lipinski definition) is 6. The molecule has 1 aromatic carbocycles. The molecule has 3 aliphatic rings. The summed E-state index contributed by atoms with van der Waals surface area (Å²) in [7, 11) is 0. The molecule has 1 heterocycles. The third-order valence-corrected chi connectivity index (χ3v) is 7.65. The van der Waals surface area contributed by atoms with Gasteiger partial charge in [0.2, 0.25) is 5.91 Å². The number of carboxylic acid groups (broad SMARTS) is 1. The van der Waals surface area contributed by atoms with Gasteiger partial charge in [-0.3, -0.25) is 4.79 Å². The second-order valence-electron chi connectivity index (χ2n) is 12.4. The van der Waals surface area contributed by atoms with E-state index in [-0.39, 0.29) is 18.9 Å². The fourth-order valence-corrected chi connectivity index (χ4v) is 6.03. The van der Waals surface area contributed by atoms with Crippen LogP contribution >= 0.6 is 0 Å². The summed E-state index contributed by atoms with van der Waals surface area (Å²) in [5.41, 5.74) is 0.962. The lowest BCUT2D eigenvalue weighted by Crippen LogP contribution is -2.57. The summed E-state index contributed by atoms with van der Waals surface area (Å²) in [6.45, 7) is 10.8. The SMILES string of the molecule is CC(C)(C)OC(=O)N[C@H](C(=O)N1C[C@H](C23CC=CC=C2c2ccccc2/C3=N/O)C[C@H]1C(=O)O)C(C)(C)C. The van der Waals surface area contributed by atoms with Gasteiger partial charge in [-0.05, 0) is 56.1 Å². The number of hydrogen-bond donors (Lipinski definition) is 3. The summed E-state index contributed by atoms with van der Waals surface area (Å²) in [5.74, 6) is -1.93. The highest BCUT2D eigenvalue weighted by Crippen LogP contribution is 2.58. The van der Waals surface area contributed by atoms with Gasteiger partial charge in [-0.1, -0.05) is 68.4 Å². The first-order valence-electron chi connectivity index (χ1n) is 12.9. The molecule has 1 unspecified atom stereocenters. The number of fused-ring (bicyclic) bond motifs is 3. The highest BCUT2D eigenvalue weighted by atomic mass is 16.6. The Morgan fingerprint density at radius 3 is 2.37 bits per heavy atom. The van der Waals surface area contributed by atoms with Crippen molar-refractivity contribution in [3.8, 4) is 0 Å². The van der Waals surface area contributed by atoms with E-state index in [9.17, 15) is 24.7 Å². The van der Waals surface area contributed by atoms with E-state index in [1.807, 2.05) is 63.3 Å². The predicted molar refractivity (Wildman–Crippen MR) is 143 cm³/mol. The number of likely N-dealkylation sites (tertiary alicyclic amines) is 1. The third-order valence-electron chi connectivity index (χ3n) is 7.65. The van der Waals surface area contributed by atoms with E-state index in [4.69, 9.17) is 4.74 Å². The first-order valence-corrected chi connectivity index (χ1v) is 12.9. The van der Waals surface area contributed by atoms with Crippen molar-refractivity contribution in [1.82, 2.24) is 10.2 Å². The summed E-state index contributed by atoms with van der Waals surface area (Å²) in [4.78, 5) is 40.5. The maximum absolute atomic E-state index is 14.0. The van der Waals surface area contributed by atoms with E-state index >= 15 is 0 Å². The van der Waals surface area contributed by atoms with Crippen molar-refractivity contribution in [1.29, 1.82) is 0 Å². The maximum atomic E-state index is 14.0. The van der Waals surface area contributed by atoms with Gasteiger partial charge in [-0.2, -0.15) is 0 Å². The first-order chi connectivity index (χ1) is 17.7. The Balaban J connectivity index is 1.70. The normalized spacial score (nSPS) is 26.4. The van der Waals surface area contributed by atoms with E-state index in [0.717, 1.165) is 16.7 Å². The van der Waals surface area contributed by atoms with E-state index in [0.29, 0.717) is 12.1 Å². The van der Waals surface area contributed by atoms with Crippen LogP contribution in [0.25, 0.3) is 5.57 Å². The zero-order chi connectivity index (χ0) is 28.0. The molecule has 0 saturated carbocycles. The van der Waals surface area contributed by atoms with Crippen molar-refractivity contribution < 1.29 is 29.4 Å². The number of benzene rings is 1. The van der Waals surface area contributed by atoms with E-state index in [2.05, 4.69) is 10.5 Å². The van der Waals surface area contributed by atoms with Crippen LogP contribution in [0, 0.1) is 16.7 Å². The van der Waals surface area contributed by atoms with E-state index < -0.39 is 46.5 Å². The molecule has 0 spiro atoms. The molecule has 204 valence electrons. The number of oxime groups is 1. The lowest BCUT2D eigenvalue weighted by atomic mass is 9.64. The number of nitrogens with one attached hydrogen (secondary N) is 1. The Morgan fingerprint density at radius 2 is 1.79 bits per heavy atom. The number of ether oxygens (including phenoxy) is 1. The number of alkyl carbamates (subject to hydrolysis) is 1. The monoisotopic (exact) mass is 523 g/mol. The van der Waals surface area contributed by atoms with Crippen molar-refractivity contribution in [2.75, 3.05) is 6.54 Å². The summed E-state index contributed by atoms with van der Waals surface area (Å²) in [5, 5.41) is 26.8. The van der Waals surface area contributed by atoms with Crippen LogP contribution in [0.1, 0.15) is 65.5 Å². The summed E-state index contributed by atoms with van der Waals surface area (Å²) in [6, 6.07) is 5.57. The minimum Gasteiger partial charge on any atom is -0.480 e. The molecular weight excluding hydrogens is 486 g/mol. The number of amides is 2. The molecule has 2 aliphatic carbocycles. The maximum Gasteiger partial charge on any atom is 0.408 e. The van der Waals surface area contributed by atoms with Crippen LogP contribution in [0.4, 0.5) is 4.79 Å². The summed E-state index contributed by atoms with van der Waals surface area (Å²) in [6.07, 6.45) is 5.90. The molecule has 0 aromatic heterocycles. The van der Waals surface area contributed by atoms with Crippen LogP contribution in [0.3, 0.4) is 0 Å². The van der Waals surface area contributed by atoms with Gasteiger partial charge in [0.1, 0.15) is 17.7 Å². The van der Waals surface area contributed by atoms with Crippen LogP contribution in [-0.4, -0.2) is 63.1 Å². The minimum absolute atomic E-state index is 0.135. The Morgan fingerprint density at radius 1 is 1.13 bits per heavy atom. The van der Waals surface area contributed by atoms with Gasteiger partial charge in [0.25, 0.3) is 0 Å². The molecule has 1 aromatic rings. The molecule has 0 bridgehead atoms. The van der Waals surface area contributed by atoms with Crippen LogP contribution in [-0.2, 0) is 14.3 Å². The van der Waals surface area contributed by atoms with Crippen molar-refractivity contribution in [2.45, 2.75) is 72.1 Å². The molecular formula is C29H37N3O6. The Bertz CT molecular complexity index is 1240. The molecule has 1 fully saturated rings. The van der Waals surface area contributed by atoms with Gasteiger partial charge in [0.15, 0.2) is 0 Å². The van der Waals surface area contributed by atoms with Crippen LogP contribution < -0.4 is 5.32 Å². The third kappa shape index (κ3) is 4.70. The smallest absolute Gasteiger partial charge is 0.408 e. The molecule has 2 amide bonds. The van der Waals surface area contributed by atoms with E-state index in [1.54, 1.807) is 20.8 Å².